The Balaban J connectivity index is 1.71. The summed E-state index contributed by atoms with van der Waals surface area (Å²) in [5.74, 6) is -1.03. The van der Waals surface area contributed by atoms with Gasteiger partial charge in [0.05, 0.1) is 24.1 Å². The van der Waals surface area contributed by atoms with E-state index in [9.17, 15) is 22.7 Å². The molecule has 38 heavy (non-hydrogen) atoms. The lowest BCUT2D eigenvalue weighted by Crippen LogP contribution is -2.50. The number of sulfonamides is 1. The first-order valence-corrected chi connectivity index (χ1v) is 13.8. The second-order valence-corrected chi connectivity index (χ2v) is 11.9. The average molecular weight is 542 g/mol. The average Bonchev–Trinajstić information content (AvgIpc) is 2.90. The number of likely N-dealkylation sites (N-methyl/N-ethyl adjacent to an activating group) is 1. The van der Waals surface area contributed by atoms with Crippen LogP contribution in [0.15, 0.2) is 65.7 Å². The molecule has 0 fully saturated rings. The molecule has 3 atom stereocenters. The van der Waals surface area contributed by atoms with Crippen LogP contribution >= 0.6 is 0 Å². The van der Waals surface area contributed by atoms with Gasteiger partial charge in [-0.1, -0.05) is 36.8 Å². The van der Waals surface area contributed by atoms with Crippen molar-refractivity contribution >= 4 is 15.9 Å². The SMILES string of the molecule is Cc1ccc(S(=O)(=O)N(C)C[C@@H]2Oc3ncc(-c4cccc(F)c4)cc3C(=O)N([C@H](C)CO)C[C@@H]2C)cc1. The van der Waals surface area contributed by atoms with E-state index in [2.05, 4.69) is 4.98 Å². The smallest absolute Gasteiger partial charge is 0.259 e. The van der Waals surface area contributed by atoms with Gasteiger partial charge in [0.2, 0.25) is 15.9 Å². The Kier molecular flexibility index (Phi) is 8.15. The third kappa shape index (κ3) is 5.72. The van der Waals surface area contributed by atoms with Crippen LogP contribution in [0.1, 0.15) is 29.8 Å². The van der Waals surface area contributed by atoms with Crippen LogP contribution in [0.5, 0.6) is 5.88 Å². The van der Waals surface area contributed by atoms with E-state index in [-0.39, 0.29) is 47.9 Å². The molecule has 1 aliphatic rings. The van der Waals surface area contributed by atoms with E-state index >= 15 is 0 Å². The van der Waals surface area contributed by atoms with Gasteiger partial charge in [-0.3, -0.25) is 4.79 Å². The maximum Gasteiger partial charge on any atom is 0.259 e. The molecule has 0 bridgehead atoms. The molecule has 1 aromatic heterocycles. The molecule has 1 amide bonds. The minimum atomic E-state index is -3.79. The van der Waals surface area contributed by atoms with Crippen molar-refractivity contribution < 1.29 is 27.4 Å². The number of benzene rings is 2. The maximum absolute atomic E-state index is 13.9. The summed E-state index contributed by atoms with van der Waals surface area (Å²) in [6.45, 7) is 5.48. The summed E-state index contributed by atoms with van der Waals surface area (Å²) in [4.78, 5) is 19.7. The van der Waals surface area contributed by atoms with Gasteiger partial charge >= 0.3 is 0 Å². The summed E-state index contributed by atoms with van der Waals surface area (Å²) < 4.78 is 47.8. The lowest BCUT2D eigenvalue weighted by Gasteiger charge is -2.37. The number of hydrogen-bond acceptors (Lipinski definition) is 6. The number of aliphatic hydroxyl groups is 1. The molecular formula is C28H32FN3O5S. The van der Waals surface area contributed by atoms with Crippen molar-refractivity contribution in [2.45, 2.75) is 37.8 Å². The molecule has 0 saturated carbocycles. The molecule has 2 aromatic carbocycles. The predicted octanol–water partition coefficient (Wildman–Crippen LogP) is 3.74. The highest BCUT2D eigenvalue weighted by atomic mass is 32.2. The summed E-state index contributed by atoms with van der Waals surface area (Å²) >= 11 is 0. The number of nitrogens with zero attached hydrogens (tertiary/aromatic N) is 3. The fourth-order valence-electron chi connectivity index (χ4n) is 4.39. The number of halogens is 1. The highest BCUT2D eigenvalue weighted by Crippen LogP contribution is 2.31. The van der Waals surface area contributed by atoms with Crippen molar-refractivity contribution in [1.82, 2.24) is 14.2 Å². The zero-order chi connectivity index (χ0) is 27.6. The summed E-state index contributed by atoms with van der Waals surface area (Å²) in [6, 6.07) is 13.7. The Hall–Kier alpha value is -3.34. The van der Waals surface area contributed by atoms with Gasteiger partial charge in [-0.05, 0) is 49.7 Å². The number of aryl methyl sites for hydroxylation is 1. The fourth-order valence-corrected chi connectivity index (χ4v) is 5.57. The summed E-state index contributed by atoms with van der Waals surface area (Å²) in [5, 5.41) is 9.86. The molecule has 1 N–H and O–H groups in total. The largest absolute Gasteiger partial charge is 0.472 e. The van der Waals surface area contributed by atoms with E-state index in [0.29, 0.717) is 11.1 Å². The third-order valence-corrected chi connectivity index (χ3v) is 8.68. The van der Waals surface area contributed by atoms with Crippen LogP contribution in [0.2, 0.25) is 0 Å². The van der Waals surface area contributed by atoms with Crippen LogP contribution in [-0.4, -0.2) is 72.5 Å². The van der Waals surface area contributed by atoms with Crippen LogP contribution in [0.4, 0.5) is 4.39 Å². The zero-order valence-corrected chi connectivity index (χ0v) is 22.7. The monoisotopic (exact) mass is 541 g/mol. The zero-order valence-electron chi connectivity index (χ0n) is 21.8. The standard InChI is InChI=1S/C28H32FN3O5S/c1-18-8-10-24(11-9-18)38(35,36)31(4)16-26-19(2)15-32(20(3)17-33)28(34)25-13-22(14-30-27(25)37-26)21-6-5-7-23(29)12-21/h5-14,19-20,26,33H,15-17H2,1-4H3/t19-,20+,26-/m0/s1. The Morgan fingerprint density at radius 3 is 2.55 bits per heavy atom. The number of aromatic nitrogens is 1. The molecule has 8 nitrogen and oxygen atoms in total. The quantitative estimate of drug-likeness (QED) is 0.489. The molecule has 0 saturated heterocycles. The van der Waals surface area contributed by atoms with Gasteiger partial charge in [-0.2, -0.15) is 4.31 Å². The number of carbonyl (C=O) groups excluding carboxylic acids is 1. The van der Waals surface area contributed by atoms with Gasteiger partial charge in [0.15, 0.2) is 0 Å². The molecule has 0 aliphatic carbocycles. The van der Waals surface area contributed by atoms with E-state index in [1.807, 2.05) is 13.8 Å². The predicted molar refractivity (Wildman–Crippen MR) is 142 cm³/mol. The van der Waals surface area contributed by atoms with Crippen molar-refractivity contribution in [3.05, 3.63) is 77.7 Å². The fraction of sp³-hybridized carbons (Fsp3) is 0.357. The second-order valence-electron chi connectivity index (χ2n) is 9.81. The van der Waals surface area contributed by atoms with Crippen LogP contribution in [0.3, 0.4) is 0 Å². The highest BCUT2D eigenvalue weighted by molar-refractivity contribution is 7.89. The van der Waals surface area contributed by atoms with E-state index in [0.717, 1.165) is 5.56 Å². The Morgan fingerprint density at radius 1 is 1.18 bits per heavy atom. The van der Waals surface area contributed by atoms with E-state index in [1.165, 1.54) is 29.7 Å². The maximum atomic E-state index is 13.9. The normalized spacial score (nSPS) is 18.9. The lowest BCUT2D eigenvalue weighted by atomic mass is 9.99. The number of fused-ring (bicyclic) bond motifs is 1. The molecule has 0 radical (unpaired) electrons. The Labute approximate surface area is 222 Å². The molecule has 202 valence electrons. The molecule has 3 aromatic rings. The van der Waals surface area contributed by atoms with Crippen LogP contribution in [0, 0.1) is 18.7 Å². The molecule has 1 aliphatic heterocycles. The molecule has 4 rings (SSSR count). The lowest BCUT2D eigenvalue weighted by molar-refractivity contribution is 0.0373. The molecule has 0 spiro atoms. The van der Waals surface area contributed by atoms with Crippen molar-refractivity contribution in [2.75, 3.05) is 26.7 Å². The summed E-state index contributed by atoms with van der Waals surface area (Å²) in [6.07, 6.45) is 0.851. The number of amides is 1. The molecule has 2 heterocycles. The van der Waals surface area contributed by atoms with Gasteiger partial charge in [0.25, 0.3) is 5.91 Å². The molecule has 10 heteroatoms. The summed E-state index contributed by atoms with van der Waals surface area (Å²) in [7, 11) is -2.30. The first kappa shape index (κ1) is 27.7. The van der Waals surface area contributed by atoms with E-state index < -0.39 is 28.0 Å². The van der Waals surface area contributed by atoms with Crippen molar-refractivity contribution in [3.63, 3.8) is 0 Å². The number of hydrogen-bond donors (Lipinski definition) is 1. The number of rotatable bonds is 7. The van der Waals surface area contributed by atoms with Gasteiger partial charge in [0.1, 0.15) is 17.5 Å². The minimum absolute atomic E-state index is 0.0136. The topological polar surface area (TPSA) is 100 Å². The van der Waals surface area contributed by atoms with Crippen molar-refractivity contribution in [2.24, 2.45) is 5.92 Å². The Morgan fingerprint density at radius 2 is 1.89 bits per heavy atom. The number of aliphatic hydroxyl groups excluding tert-OH is 1. The minimum Gasteiger partial charge on any atom is -0.472 e. The van der Waals surface area contributed by atoms with Crippen LogP contribution in [-0.2, 0) is 10.0 Å². The van der Waals surface area contributed by atoms with E-state index in [4.69, 9.17) is 4.74 Å². The summed E-state index contributed by atoms with van der Waals surface area (Å²) in [5.41, 5.74) is 2.19. The van der Waals surface area contributed by atoms with E-state index in [1.54, 1.807) is 54.3 Å². The third-order valence-electron chi connectivity index (χ3n) is 6.85. The number of pyridine rings is 1. The van der Waals surface area contributed by atoms with Crippen molar-refractivity contribution in [1.29, 1.82) is 0 Å². The van der Waals surface area contributed by atoms with Crippen LogP contribution in [0.25, 0.3) is 11.1 Å². The Bertz CT molecular complexity index is 1410. The van der Waals surface area contributed by atoms with Crippen molar-refractivity contribution in [3.8, 4) is 17.0 Å². The van der Waals surface area contributed by atoms with Crippen LogP contribution < -0.4 is 4.74 Å². The highest BCUT2D eigenvalue weighted by Gasteiger charge is 2.36. The van der Waals surface area contributed by atoms with Gasteiger partial charge in [-0.15, -0.1) is 0 Å². The van der Waals surface area contributed by atoms with Gasteiger partial charge < -0.3 is 14.7 Å². The first-order chi connectivity index (χ1) is 18.0. The number of carbonyl (C=O) groups is 1. The molecular weight excluding hydrogens is 509 g/mol. The first-order valence-electron chi connectivity index (χ1n) is 12.4. The van der Waals surface area contributed by atoms with Gasteiger partial charge in [-0.25, -0.2) is 17.8 Å². The second kappa shape index (κ2) is 11.2. The van der Waals surface area contributed by atoms with Gasteiger partial charge in [0, 0.05) is 31.3 Å². The molecule has 0 unspecified atom stereocenters. The number of ether oxygens (including phenoxy) is 1.